The summed E-state index contributed by atoms with van der Waals surface area (Å²) >= 11 is 0. The molecule has 138 valence electrons. The van der Waals surface area contributed by atoms with Crippen LogP contribution < -0.4 is 10.1 Å². The van der Waals surface area contributed by atoms with E-state index >= 15 is 0 Å². The molecule has 0 saturated carbocycles. The lowest BCUT2D eigenvalue weighted by Gasteiger charge is -2.21. The average molecular weight is 360 g/mol. The Morgan fingerprint density at radius 1 is 1.23 bits per heavy atom. The quantitative estimate of drug-likeness (QED) is 0.634. The molecule has 7 heteroatoms. The topological polar surface area (TPSA) is 71.8 Å². The van der Waals surface area contributed by atoms with Crippen molar-refractivity contribution in [3.8, 4) is 5.75 Å². The summed E-state index contributed by atoms with van der Waals surface area (Å²) in [7, 11) is 0. The number of amides is 3. The maximum absolute atomic E-state index is 12.9. The molecule has 3 rings (SSSR count). The van der Waals surface area contributed by atoms with Gasteiger partial charge in [-0.15, -0.1) is 0 Å². The number of nitrogens with one attached hydrogen (secondary N) is 1. The molecule has 6 nitrogen and oxygen atoms in total. The number of carbonyl (C=O) groups excluding carboxylic acids is 2. The lowest BCUT2D eigenvalue weighted by molar-refractivity contribution is -0.131. The van der Waals surface area contributed by atoms with Crippen LogP contribution in [-0.4, -0.2) is 30.0 Å². The molecule has 0 unspecified atom stereocenters. The fourth-order valence-corrected chi connectivity index (χ4v) is 3.15. The highest BCUT2D eigenvalue weighted by Gasteiger charge is 2.50. The van der Waals surface area contributed by atoms with Gasteiger partial charge in [0.25, 0.3) is 5.91 Å². The molecule has 1 aliphatic heterocycles. The second kappa shape index (κ2) is 6.82. The largest absolute Gasteiger partial charge is 0.494 e. The van der Waals surface area contributed by atoms with Gasteiger partial charge in [0.05, 0.1) is 6.61 Å². The molecule has 1 N–H and O–H groups in total. The Balaban J connectivity index is 1.60. The summed E-state index contributed by atoms with van der Waals surface area (Å²) in [6, 6.07) is 7.03. The van der Waals surface area contributed by atoms with Gasteiger partial charge in [-0.2, -0.15) is 0 Å². The monoisotopic (exact) mass is 360 g/mol. The van der Waals surface area contributed by atoms with Crippen molar-refractivity contribution in [1.29, 1.82) is 0 Å². The summed E-state index contributed by atoms with van der Waals surface area (Å²) in [5.41, 5.74) is -0.463. The van der Waals surface area contributed by atoms with Crippen LogP contribution in [0.25, 0.3) is 0 Å². The molecular formula is C19H21FN2O4. The molecule has 1 saturated heterocycles. The highest BCUT2D eigenvalue weighted by molar-refractivity contribution is 6.07. The summed E-state index contributed by atoms with van der Waals surface area (Å²) in [6.45, 7) is 5.79. The number of rotatable bonds is 6. The van der Waals surface area contributed by atoms with Gasteiger partial charge >= 0.3 is 6.03 Å². The van der Waals surface area contributed by atoms with E-state index in [2.05, 4.69) is 5.32 Å². The zero-order valence-corrected chi connectivity index (χ0v) is 15.0. The van der Waals surface area contributed by atoms with Crippen molar-refractivity contribution in [3.05, 3.63) is 53.2 Å². The number of hydrogen-bond acceptors (Lipinski definition) is 4. The third-order valence-corrected chi connectivity index (χ3v) is 4.46. The van der Waals surface area contributed by atoms with E-state index in [1.165, 1.54) is 29.2 Å². The van der Waals surface area contributed by atoms with E-state index in [0.717, 1.165) is 0 Å². The van der Waals surface area contributed by atoms with Crippen LogP contribution in [0.2, 0.25) is 0 Å². The summed E-state index contributed by atoms with van der Waals surface area (Å²) < 4.78 is 23.9. The number of nitrogens with zero attached hydrogens (tertiary/aromatic N) is 1. The van der Waals surface area contributed by atoms with Crippen LogP contribution in [0.4, 0.5) is 9.18 Å². The van der Waals surface area contributed by atoms with E-state index in [-0.39, 0.29) is 18.3 Å². The first-order chi connectivity index (χ1) is 12.3. The lowest BCUT2D eigenvalue weighted by Crippen LogP contribution is -2.41. The van der Waals surface area contributed by atoms with Gasteiger partial charge in [-0.1, -0.05) is 0 Å². The van der Waals surface area contributed by atoms with Gasteiger partial charge in [-0.3, -0.25) is 9.69 Å². The molecule has 2 aromatic rings. The third-order valence-electron chi connectivity index (χ3n) is 4.46. The first-order valence-corrected chi connectivity index (χ1v) is 8.41. The van der Waals surface area contributed by atoms with Gasteiger partial charge in [0.15, 0.2) is 0 Å². The molecule has 1 atom stereocenters. The molecule has 0 aliphatic carbocycles. The van der Waals surface area contributed by atoms with E-state index in [9.17, 15) is 14.0 Å². The standard InChI is InChI=1S/C19H21FN2O4/c1-12-11-16(13(2)26-12)19(3)17(23)22(18(24)21-19)9-4-10-25-15-7-5-14(20)6-8-15/h5-8,11H,4,9-10H2,1-3H3,(H,21,24)/t19-/m0/s1. The molecule has 0 radical (unpaired) electrons. The smallest absolute Gasteiger partial charge is 0.325 e. The van der Waals surface area contributed by atoms with E-state index in [1.807, 2.05) is 0 Å². The Kier molecular flexibility index (Phi) is 4.71. The minimum Gasteiger partial charge on any atom is -0.494 e. The predicted octanol–water partition coefficient (Wildman–Crippen LogP) is 3.27. The van der Waals surface area contributed by atoms with Gasteiger partial charge in [0.2, 0.25) is 0 Å². The first-order valence-electron chi connectivity index (χ1n) is 8.41. The molecule has 3 amide bonds. The normalized spacial score (nSPS) is 19.8. The molecule has 0 bridgehead atoms. The second-order valence-electron chi connectivity index (χ2n) is 6.49. The van der Waals surface area contributed by atoms with Gasteiger partial charge in [-0.05, 0) is 57.5 Å². The number of halogens is 1. The van der Waals surface area contributed by atoms with E-state index < -0.39 is 11.6 Å². The fourth-order valence-electron chi connectivity index (χ4n) is 3.15. The minimum absolute atomic E-state index is 0.233. The fraction of sp³-hybridized carbons (Fsp3) is 0.368. The number of ether oxygens (including phenoxy) is 1. The van der Waals surface area contributed by atoms with Crippen LogP contribution in [-0.2, 0) is 10.3 Å². The molecule has 26 heavy (non-hydrogen) atoms. The van der Waals surface area contributed by atoms with Crippen molar-refractivity contribution < 1.29 is 23.1 Å². The molecule has 1 aromatic carbocycles. The van der Waals surface area contributed by atoms with Crippen LogP contribution in [0.3, 0.4) is 0 Å². The Labute approximate surface area is 150 Å². The van der Waals surface area contributed by atoms with Crippen molar-refractivity contribution in [2.24, 2.45) is 0 Å². The maximum Gasteiger partial charge on any atom is 0.325 e. The van der Waals surface area contributed by atoms with Crippen LogP contribution >= 0.6 is 0 Å². The average Bonchev–Trinajstić information content (AvgIpc) is 3.04. The zero-order chi connectivity index (χ0) is 18.9. The first kappa shape index (κ1) is 18.0. The highest BCUT2D eigenvalue weighted by Crippen LogP contribution is 2.32. The Hall–Kier alpha value is -2.83. The van der Waals surface area contributed by atoms with Crippen molar-refractivity contribution in [2.75, 3.05) is 13.2 Å². The second-order valence-corrected chi connectivity index (χ2v) is 6.49. The van der Waals surface area contributed by atoms with Crippen LogP contribution in [0, 0.1) is 19.7 Å². The van der Waals surface area contributed by atoms with E-state index in [4.69, 9.17) is 9.15 Å². The summed E-state index contributed by atoms with van der Waals surface area (Å²) in [5.74, 6) is 1.19. The van der Waals surface area contributed by atoms with Crippen LogP contribution in [0.15, 0.2) is 34.7 Å². The third kappa shape index (κ3) is 3.29. The number of furan rings is 1. The SMILES string of the molecule is Cc1cc([C@]2(C)NC(=O)N(CCCOc3ccc(F)cc3)C2=O)c(C)o1. The van der Waals surface area contributed by atoms with Gasteiger partial charge < -0.3 is 14.5 Å². The maximum atomic E-state index is 12.9. The van der Waals surface area contributed by atoms with Crippen LogP contribution in [0.5, 0.6) is 5.75 Å². The molecular weight excluding hydrogens is 339 g/mol. The molecule has 0 spiro atoms. The van der Waals surface area contributed by atoms with Crippen molar-refractivity contribution in [3.63, 3.8) is 0 Å². The summed E-state index contributed by atoms with van der Waals surface area (Å²) in [4.78, 5) is 26.3. The summed E-state index contributed by atoms with van der Waals surface area (Å²) in [5, 5.41) is 2.76. The number of urea groups is 1. The Morgan fingerprint density at radius 3 is 2.54 bits per heavy atom. The van der Waals surface area contributed by atoms with E-state index in [0.29, 0.717) is 35.9 Å². The number of carbonyl (C=O) groups is 2. The lowest BCUT2D eigenvalue weighted by atomic mass is 9.92. The summed E-state index contributed by atoms with van der Waals surface area (Å²) in [6.07, 6.45) is 0.468. The molecule has 1 aromatic heterocycles. The van der Waals surface area contributed by atoms with Crippen molar-refractivity contribution >= 4 is 11.9 Å². The zero-order valence-electron chi connectivity index (χ0n) is 15.0. The van der Waals surface area contributed by atoms with Gasteiger partial charge in [0, 0.05) is 12.1 Å². The Morgan fingerprint density at radius 2 is 1.92 bits per heavy atom. The van der Waals surface area contributed by atoms with Crippen LogP contribution in [0.1, 0.15) is 30.4 Å². The van der Waals surface area contributed by atoms with Crippen molar-refractivity contribution in [1.82, 2.24) is 10.2 Å². The highest BCUT2D eigenvalue weighted by atomic mass is 19.1. The molecule has 1 fully saturated rings. The number of benzene rings is 1. The van der Waals surface area contributed by atoms with Crippen molar-refractivity contribution in [2.45, 2.75) is 32.7 Å². The minimum atomic E-state index is -1.13. The number of imide groups is 1. The van der Waals surface area contributed by atoms with Gasteiger partial charge in [0.1, 0.15) is 28.6 Å². The van der Waals surface area contributed by atoms with E-state index in [1.54, 1.807) is 26.8 Å². The number of aryl methyl sites for hydroxylation is 2. The predicted molar refractivity (Wildman–Crippen MR) is 92.3 cm³/mol. The molecule has 1 aliphatic rings. The number of hydrogen-bond donors (Lipinski definition) is 1. The molecule has 2 heterocycles. The Bertz CT molecular complexity index is 831. The van der Waals surface area contributed by atoms with Gasteiger partial charge in [-0.25, -0.2) is 9.18 Å².